The second kappa shape index (κ2) is 17.3. The molecule has 41 heavy (non-hydrogen) atoms. The number of carbonyl (C=O) groups excluding carboxylic acids is 4. The molecule has 0 amide bonds. The quantitative estimate of drug-likeness (QED) is 0.115. The number of aromatic hydroxyl groups is 1. The van der Waals surface area contributed by atoms with Gasteiger partial charge in [-0.3, -0.25) is 19.2 Å². The highest BCUT2D eigenvalue weighted by Gasteiger charge is 2.24. The number of phenolic OH excluding ortho intramolecular Hbond substituents is 1. The average Bonchev–Trinajstić information content (AvgIpc) is 2.93. The van der Waals surface area contributed by atoms with Gasteiger partial charge >= 0.3 is 23.9 Å². The molecule has 2 rings (SSSR count). The molecule has 0 bridgehead atoms. The van der Waals surface area contributed by atoms with Crippen LogP contribution in [0.4, 0.5) is 0 Å². The van der Waals surface area contributed by atoms with Crippen LogP contribution in [0.3, 0.4) is 0 Å². The van der Waals surface area contributed by atoms with Crippen LogP contribution >= 0.6 is 0 Å². The first-order chi connectivity index (χ1) is 19.5. The predicted molar refractivity (Wildman–Crippen MR) is 148 cm³/mol. The molecule has 0 fully saturated rings. The third-order valence-corrected chi connectivity index (χ3v) is 6.00. The van der Waals surface area contributed by atoms with Crippen LogP contribution in [0.1, 0.15) is 56.6 Å². The third kappa shape index (κ3) is 13.4. The van der Waals surface area contributed by atoms with Crippen LogP contribution in [0.25, 0.3) is 0 Å². The van der Waals surface area contributed by atoms with E-state index in [2.05, 4.69) is 6.58 Å². The number of aliphatic carboxylic acids is 1. The Labute approximate surface area is 238 Å². The van der Waals surface area contributed by atoms with E-state index >= 15 is 0 Å². The lowest BCUT2D eigenvalue weighted by Crippen LogP contribution is -2.25. The number of carbonyl (C=O) groups is 5. The van der Waals surface area contributed by atoms with E-state index in [1.54, 1.807) is 36.4 Å². The summed E-state index contributed by atoms with van der Waals surface area (Å²) in [5.74, 6) is -2.99. The molecule has 0 unspecified atom stereocenters. The van der Waals surface area contributed by atoms with Gasteiger partial charge in [-0.05, 0) is 68.0 Å². The molecule has 10 nitrogen and oxygen atoms in total. The maximum Gasteiger partial charge on any atom is 0.333 e. The van der Waals surface area contributed by atoms with E-state index in [4.69, 9.17) is 19.3 Å². The number of esters is 3. The van der Waals surface area contributed by atoms with Crippen molar-refractivity contribution in [3.8, 4) is 11.5 Å². The highest BCUT2D eigenvalue weighted by atomic mass is 16.6. The van der Waals surface area contributed by atoms with Gasteiger partial charge in [-0.15, -0.1) is 0 Å². The van der Waals surface area contributed by atoms with Crippen LogP contribution in [0, 0.1) is 5.92 Å². The molecular weight excluding hydrogens is 532 g/mol. The Morgan fingerprint density at radius 1 is 0.829 bits per heavy atom. The van der Waals surface area contributed by atoms with Crippen molar-refractivity contribution in [3.63, 3.8) is 0 Å². The SMILES string of the molecule is C=C(C)C(=O)OCCOC(=O)[C@@H](CC(=O)CCc1ccc(OC(=O)CCCCC(=O)O)cc1)Cc1ccc(O)cc1. The Morgan fingerprint density at radius 2 is 1.44 bits per heavy atom. The van der Waals surface area contributed by atoms with Crippen LogP contribution in [-0.2, 0) is 46.3 Å². The summed E-state index contributed by atoms with van der Waals surface area (Å²) in [6.45, 7) is 4.70. The van der Waals surface area contributed by atoms with Crippen LogP contribution < -0.4 is 4.74 Å². The summed E-state index contributed by atoms with van der Waals surface area (Å²) in [4.78, 5) is 59.5. The van der Waals surface area contributed by atoms with Crippen LogP contribution in [0.2, 0.25) is 0 Å². The van der Waals surface area contributed by atoms with Gasteiger partial charge in [-0.25, -0.2) is 4.79 Å². The van der Waals surface area contributed by atoms with Gasteiger partial charge in [0.1, 0.15) is 30.5 Å². The van der Waals surface area contributed by atoms with Crippen molar-refractivity contribution in [2.24, 2.45) is 5.92 Å². The zero-order valence-corrected chi connectivity index (χ0v) is 23.1. The highest BCUT2D eigenvalue weighted by molar-refractivity contribution is 5.87. The molecule has 2 N–H and O–H groups in total. The van der Waals surface area contributed by atoms with Gasteiger partial charge in [0.05, 0.1) is 5.92 Å². The molecular formula is C31H36O10. The zero-order valence-electron chi connectivity index (χ0n) is 23.1. The summed E-state index contributed by atoms with van der Waals surface area (Å²) < 4.78 is 15.5. The van der Waals surface area contributed by atoms with E-state index in [-0.39, 0.29) is 62.4 Å². The van der Waals surface area contributed by atoms with Gasteiger partial charge in [0.15, 0.2) is 0 Å². The summed E-state index contributed by atoms with van der Waals surface area (Å²) in [6.07, 6.45) is 1.72. The Balaban J connectivity index is 1.87. The second-order valence-corrected chi connectivity index (χ2v) is 9.61. The molecule has 0 aromatic heterocycles. The molecule has 0 saturated carbocycles. The van der Waals surface area contributed by atoms with E-state index in [0.29, 0.717) is 25.0 Å². The number of carboxylic acids is 1. The van der Waals surface area contributed by atoms with E-state index < -0.39 is 29.8 Å². The number of hydrogen-bond donors (Lipinski definition) is 2. The first-order valence-corrected chi connectivity index (χ1v) is 13.3. The van der Waals surface area contributed by atoms with E-state index in [1.807, 2.05) is 0 Å². The Morgan fingerprint density at radius 3 is 2.07 bits per heavy atom. The summed E-state index contributed by atoms with van der Waals surface area (Å²) in [5, 5.41) is 18.2. The molecule has 0 aliphatic carbocycles. The largest absolute Gasteiger partial charge is 0.508 e. The fraction of sp³-hybridized carbons (Fsp3) is 0.387. The summed E-state index contributed by atoms with van der Waals surface area (Å²) in [7, 11) is 0. The lowest BCUT2D eigenvalue weighted by atomic mass is 9.92. The van der Waals surface area contributed by atoms with Gasteiger partial charge < -0.3 is 24.4 Å². The fourth-order valence-corrected chi connectivity index (χ4v) is 3.79. The number of Topliss-reactive ketones (excluding diaryl/α,β-unsaturated/α-hetero) is 1. The van der Waals surface area contributed by atoms with Crippen molar-refractivity contribution < 1.29 is 48.4 Å². The molecule has 10 heteroatoms. The van der Waals surface area contributed by atoms with Crippen molar-refractivity contribution in [3.05, 3.63) is 71.8 Å². The standard InChI is InChI=1S/C31H36O10/c1-21(2)30(37)39-17-18-40-31(38)24(19-23-8-12-25(32)13-9-23)20-26(33)14-7-22-10-15-27(16-11-22)41-29(36)6-4-3-5-28(34)35/h8-13,15-16,24,32H,1,3-7,14,17-20H2,2H3,(H,34,35)/t24-/m1/s1. The first-order valence-electron chi connectivity index (χ1n) is 13.3. The number of ether oxygens (including phenoxy) is 3. The lowest BCUT2D eigenvalue weighted by Gasteiger charge is -2.16. The fourth-order valence-electron chi connectivity index (χ4n) is 3.79. The molecule has 0 aliphatic heterocycles. The first kappa shape index (κ1) is 32.7. The average molecular weight is 569 g/mol. The number of aryl methyl sites for hydroxylation is 1. The van der Waals surface area contributed by atoms with E-state index in [9.17, 15) is 29.1 Å². The number of benzene rings is 2. The van der Waals surface area contributed by atoms with Gasteiger partial charge in [-0.2, -0.15) is 0 Å². The number of hydrogen-bond acceptors (Lipinski definition) is 9. The molecule has 0 saturated heterocycles. The molecule has 2 aromatic carbocycles. The van der Waals surface area contributed by atoms with Crippen molar-refractivity contribution in [1.29, 1.82) is 0 Å². The smallest absolute Gasteiger partial charge is 0.333 e. The molecule has 0 radical (unpaired) electrons. The minimum absolute atomic E-state index is 0.00635. The summed E-state index contributed by atoms with van der Waals surface area (Å²) >= 11 is 0. The Hall–Kier alpha value is -4.47. The highest BCUT2D eigenvalue weighted by Crippen LogP contribution is 2.20. The minimum atomic E-state index is -0.904. The van der Waals surface area contributed by atoms with Gasteiger partial charge in [0.2, 0.25) is 0 Å². The van der Waals surface area contributed by atoms with Gasteiger partial charge in [0, 0.05) is 31.3 Å². The molecule has 0 spiro atoms. The van der Waals surface area contributed by atoms with Crippen molar-refractivity contribution in [2.45, 2.75) is 58.3 Å². The number of unbranched alkanes of at least 4 members (excludes halogenated alkanes) is 1. The zero-order chi connectivity index (χ0) is 30.2. The maximum absolute atomic E-state index is 12.8. The van der Waals surface area contributed by atoms with E-state index in [0.717, 1.165) is 11.1 Å². The Bertz CT molecular complexity index is 1200. The van der Waals surface area contributed by atoms with Gasteiger partial charge in [-0.1, -0.05) is 30.8 Å². The monoisotopic (exact) mass is 568 g/mol. The van der Waals surface area contributed by atoms with E-state index in [1.165, 1.54) is 19.1 Å². The molecule has 220 valence electrons. The topological polar surface area (TPSA) is 153 Å². The molecule has 1 atom stereocenters. The normalized spacial score (nSPS) is 11.2. The number of carboxylic acid groups (broad SMARTS) is 1. The van der Waals surface area contributed by atoms with Crippen LogP contribution in [0.15, 0.2) is 60.7 Å². The summed E-state index contributed by atoms with van der Waals surface area (Å²) in [5.41, 5.74) is 1.82. The third-order valence-electron chi connectivity index (χ3n) is 6.00. The number of rotatable bonds is 18. The molecule has 0 heterocycles. The second-order valence-electron chi connectivity index (χ2n) is 9.61. The van der Waals surface area contributed by atoms with Crippen LogP contribution in [0.5, 0.6) is 11.5 Å². The number of phenols is 1. The lowest BCUT2D eigenvalue weighted by molar-refractivity contribution is -0.154. The van der Waals surface area contributed by atoms with Crippen molar-refractivity contribution >= 4 is 29.7 Å². The van der Waals surface area contributed by atoms with Crippen molar-refractivity contribution in [1.82, 2.24) is 0 Å². The van der Waals surface area contributed by atoms with Crippen LogP contribution in [-0.4, -0.2) is 53.1 Å². The predicted octanol–water partition coefficient (Wildman–Crippen LogP) is 4.36. The van der Waals surface area contributed by atoms with Crippen molar-refractivity contribution in [2.75, 3.05) is 13.2 Å². The molecule has 2 aromatic rings. The minimum Gasteiger partial charge on any atom is -0.508 e. The van der Waals surface area contributed by atoms with Gasteiger partial charge in [0.25, 0.3) is 0 Å². The molecule has 0 aliphatic rings. The number of ketones is 1. The Kier molecular flexibility index (Phi) is 13.8. The summed E-state index contributed by atoms with van der Waals surface area (Å²) in [6, 6.07) is 13.1. The maximum atomic E-state index is 12.8.